The molecule has 9 nitrogen and oxygen atoms in total. The first kappa shape index (κ1) is 33.9. The summed E-state index contributed by atoms with van der Waals surface area (Å²) in [6.07, 6.45) is 0.604. The van der Waals surface area contributed by atoms with Crippen LogP contribution in [0.5, 0.6) is 0 Å². The molecule has 0 aliphatic carbocycles. The number of carbonyl (C=O) groups excluding carboxylic acids is 2. The van der Waals surface area contributed by atoms with E-state index in [9.17, 15) is 14.7 Å². The molecule has 0 bridgehead atoms. The number of aliphatic hydroxyl groups excluding tert-OH is 1. The molecule has 3 saturated heterocycles. The Bertz CT molecular complexity index is 1770. The lowest BCUT2D eigenvalue weighted by Gasteiger charge is -2.46. The number of nitrogens with zero attached hydrogens (tertiary/aromatic N) is 2. The maximum Gasteiger partial charge on any atom is 0.247 e. The SMILES string of the molecule is CC(=O)NCc1cccc(-c2ccc([C@@H]3O[C@H](CN4CCC5(CC4)C(=O)NCN5c4ccccc4)[C@H](C)[C@H](c4ccc(CO)cc4)O3)cc2)c1. The number of ether oxygens (including phenoxy) is 2. The minimum atomic E-state index is -0.566. The molecule has 3 N–H and O–H groups in total. The normalized spacial score (nSPS) is 23.5. The van der Waals surface area contributed by atoms with Crippen molar-refractivity contribution in [3.8, 4) is 11.1 Å². The van der Waals surface area contributed by atoms with Crippen LogP contribution in [-0.2, 0) is 32.2 Å². The van der Waals surface area contributed by atoms with Gasteiger partial charge in [-0.15, -0.1) is 0 Å². The molecule has 3 fully saturated rings. The van der Waals surface area contributed by atoms with Crippen LogP contribution in [-0.4, -0.2) is 59.8 Å². The Kier molecular flexibility index (Phi) is 10.0. The summed E-state index contributed by atoms with van der Waals surface area (Å²) in [5.74, 6) is 0.122. The van der Waals surface area contributed by atoms with Gasteiger partial charge in [-0.05, 0) is 58.9 Å². The van der Waals surface area contributed by atoms with Crippen molar-refractivity contribution in [2.24, 2.45) is 5.92 Å². The van der Waals surface area contributed by atoms with E-state index in [0.717, 1.165) is 71.5 Å². The molecule has 3 heterocycles. The van der Waals surface area contributed by atoms with Crippen molar-refractivity contribution in [1.29, 1.82) is 0 Å². The molecular formula is C41H46N4O5. The van der Waals surface area contributed by atoms with Gasteiger partial charge in [0.25, 0.3) is 0 Å². The standard InChI is InChI=1S/C41H46N4O5/c1-28-37(25-44-21-19-41(20-22-44)40(48)43-27-45(41)36-9-4-3-5-10-36)49-39(50-38(28)33-13-11-30(26-46)12-14-33)34-17-15-32(16-18-34)35-8-6-7-31(23-35)24-42-29(2)47/h3-18,23,28,37-39,46H,19-22,24-27H2,1-2H3,(H,42,47)(H,43,48)/t28-,37+,38+,39+/m0/s1. The fourth-order valence-corrected chi connectivity index (χ4v) is 7.64. The Hall–Kier alpha value is -4.54. The van der Waals surface area contributed by atoms with Gasteiger partial charge in [-0.1, -0.05) is 91.9 Å². The number of para-hydroxylation sites is 1. The molecule has 3 aliphatic rings. The number of benzene rings is 4. The molecule has 0 unspecified atom stereocenters. The first-order valence-electron chi connectivity index (χ1n) is 17.6. The fraction of sp³-hybridized carbons (Fsp3) is 0.366. The number of carbonyl (C=O) groups is 2. The predicted molar refractivity (Wildman–Crippen MR) is 193 cm³/mol. The number of anilines is 1. The third-order valence-corrected chi connectivity index (χ3v) is 10.6. The van der Waals surface area contributed by atoms with Crippen LogP contribution in [0.3, 0.4) is 0 Å². The molecular weight excluding hydrogens is 628 g/mol. The zero-order valence-electron chi connectivity index (χ0n) is 28.8. The minimum absolute atomic E-state index is 0.00557. The monoisotopic (exact) mass is 674 g/mol. The van der Waals surface area contributed by atoms with Crippen LogP contribution in [0.2, 0.25) is 0 Å². The molecule has 50 heavy (non-hydrogen) atoms. The number of amides is 2. The molecule has 7 rings (SSSR count). The summed E-state index contributed by atoms with van der Waals surface area (Å²) in [5.41, 5.74) is 6.57. The van der Waals surface area contributed by atoms with E-state index in [1.807, 2.05) is 54.6 Å². The molecule has 0 radical (unpaired) electrons. The van der Waals surface area contributed by atoms with E-state index in [1.165, 1.54) is 6.92 Å². The average Bonchev–Trinajstić information content (AvgIpc) is 3.47. The van der Waals surface area contributed by atoms with Crippen molar-refractivity contribution >= 4 is 17.5 Å². The first-order chi connectivity index (χ1) is 24.3. The second-order valence-corrected chi connectivity index (χ2v) is 13.8. The van der Waals surface area contributed by atoms with E-state index < -0.39 is 11.8 Å². The molecule has 4 aromatic carbocycles. The van der Waals surface area contributed by atoms with Gasteiger partial charge in [-0.25, -0.2) is 0 Å². The Morgan fingerprint density at radius 3 is 2.30 bits per heavy atom. The van der Waals surface area contributed by atoms with Gasteiger partial charge in [0, 0.05) is 50.3 Å². The average molecular weight is 675 g/mol. The molecule has 9 heteroatoms. The lowest BCUT2D eigenvalue weighted by atomic mass is 9.84. The van der Waals surface area contributed by atoms with Crippen LogP contribution in [0, 0.1) is 5.92 Å². The summed E-state index contributed by atoms with van der Waals surface area (Å²) in [6.45, 7) is 7.04. The summed E-state index contributed by atoms with van der Waals surface area (Å²) < 4.78 is 13.5. The van der Waals surface area contributed by atoms with Crippen LogP contribution in [0.15, 0.2) is 103 Å². The fourth-order valence-electron chi connectivity index (χ4n) is 7.64. The van der Waals surface area contributed by atoms with Gasteiger partial charge in [0.15, 0.2) is 6.29 Å². The molecule has 0 saturated carbocycles. The lowest BCUT2D eigenvalue weighted by molar-refractivity contribution is -0.276. The van der Waals surface area contributed by atoms with Crippen molar-refractivity contribution in [3.05, 3.63) is 125 Å². The maximum absolute atomic E-state index is 13.3. The second kappa shape index (κ2) is 14.7. The zero-order valence-corrected chi connectivity index (χ0v) is 28.8. The van der Waals surface area contributed by atoms with Gasteiger partial charge >= 0.3 is 0 Å². The van der Waals surface area contributed by atoms with Crippen LogP contribution in [0.1, 0.15) is 61.3 Å². The first-order valence-corrected chi connectivity index (χ1v) is 17.6. The third-order valence-electron chi connectivity index (χ3n) is 10.6. The molecule has 0 aromatic heterocycles. The van der Waals surface area contributed by atoms with E-state index in [0.29, 0.717) is 13.2 Å². The van der Waals surface area contributed by atoms with Crippen LogP contribution in [0.4, 0.5) is 5.69 Å². The number of piperidine rings is 1. The van der Waals surface area contributed by atoms with E-state index in [2.05, 4.69) is 75.9 Å². The van der Waals surface area contributed by atoms with Crippen molar-refractivity contribution in [2.45, 2.75) is 63.9 Å². The van der Waals surface area contributed by atoms with Gasteiger partial charge in [0.1, 0.15) is 5.54 Å². The number of hydrogen-bond acceptors (Lipinski definition) is 7. The number of likely N-dealkylation sites (tertiary alicyclic amines) is 1. The minimum Gasteiger partial charge on any atom is -0.392 e. The summed E-state index contributed by atoms with van der Waals surface area (Å²) >= 11 is 0. The van der Waals surface area contributed by atoms with Crippen molar-refractivity contribution < 1.29 is 24.2 Å². The van der Waals surface area contributed by atoms with Crippen molar-refractivity contribution in [2.75, 3.05) is 31.2 Å². The smallest absolute Gasteiger partial charge is 0.247 e. The zero-order chi connectivity index (χ0) is 34.7. The molecule has 4 aromatic rings. The number of hydrogen-bond donors (Lipinski definition) is 3. The Balaban J connectivity index is 1.09. The van der Waals surface area contributed by atoms with Crippen LogP contribution < -0.4 is 15.5 Å². The van der Waals surface area contributed by atoms with Gasteiger partial charge in [-0.2, -0.15) is 0 Å². The number of rotatable bonds is 9. The topological polar surface area (TPSA) is 103 Å². The Labute approximate surface area is 294 Å². The number of nitrogens with one attached hydrogen (secondary N) is 2. The maximum atomic E-state index is 13.3. The highest BCUT2D eigenvalue weighted by atomic mass is 16.7. The van der Waals surface area contributed by atoms with E-state index in [1.54, 1.807) is 0 Å². The number of aliphatic hydroxyl groups is 1. The van der Waals surface area contributed by atoms with Gasteiger partial charge < -0.3 is 35.0 Å². The molecule has 4 atom stereocenters. The molecule has 260 valence electrons. The molecule has 3 aliphatic heterocycles. The largest absolute Gasteiger partial charge is 0.392 e. The van der Waals surface area contributed by atoms with Gasteiger partial charge in [0.2, 0.25) is 11.8 Å². The highest BCUT2D eigenvalue weighted by Gasteiger charge is 2.51. The summed E-state index contributed by atoms with van der Waals surface area (Å²) in [7, 11) is 0. The van der Waals surface area contributed by atoms with Crippen LogP contribution >= 0.6 is 0 Å². The van der Waals surface area contributed by atoms with E-state index >= 15 is 0 Å². The Morgan fingerprint density at radius 1 is 0.880 bits per heavy atom. The lowest BCUT2D eigenvalue weighted by Crippen LogP contribution is -2.57. The van der Waals surface area contributed by atoms with Gasteiger partial charge in [-0.3, -0.25) is 9.59 Å². The third kappa shape index (κ3) is 7.04. The van der Waals surface area contributed by atoms with E-state index in [4.69, 9.17) is 9.47 Å². The quantitative estimate of drug-likeness (QED) is 0.209. The van der Waals surface area contributed by atoms with Gasteiger partial charge in [0.05, 0.1) is 25.5 Å². The second-order valence-electron chi connectivity index (χ2n) is 13.8. The highest BCUT2D eigenvalue weighted by Crippen LogP contribution is 2.43. The van der Waals surface area contributed by atoms with E-state index in [-0.39, 0.29) is 36.5 Å². The molecule has 1 spiro atoms. The highest BCUT2D eigenvalue weighted by molar-refractivity contribution is 5.93. The summed E-state index contributed by atoms with van der Waals surface area (Å²) in [5, 5.41) is 15.6. The van der Waals surface area contributed by atoms with Crippen molar-refractivity contribution in [1.82, 2.24) is 15.5 Å². The summed E-state index contributed by atoms with van der Waals surface area (Å²) in [4.78, 5) is 29.4. The van der Waals surface area contributed by atoms with Crippen LogP contribution in [0.25, 0.3) is 11.1 Å². The predicted octanol–water partition coefficient (Wildman–Crippen LogP) is 5.70. The Morgan fingerprint density at radius 2 is 1.60 bits per heavy atom. The molecule has 2 amide bonds. The van der Waals surface area contributed by atoms with Crippen molar-refractivity contribution in [3.63, 3.8) is 0 Å². The summed E-state index contributed by atoms with van der Waals surface area (Å²) in [6, 6.07) is 34.7.